The summed E-state index contributed by atoms with van der Waals surface area (Å²) in [7, 11) is -3.41. The number of ether oxygens (including phenoxy) is 2. The Balaban J connectivity index is 1.55. The molecule has 3 heterocycles. The lowest BCUT2D eigenvalue weighted by atomic mass is 10.2. The number of sulfone groups is 1. The van der Waals surface area contributed by atoms with Crippen LogP contribution in [0.3, 0.4) is 0 Å². The fraction of sp³-hybridized carbons (Fsp3) is 0.0833. The molecule has 5 rings (SSSR count). The minimum Gasteiger partial charge on any atom is -0.456 e. The lowest BCUT2D eigenvalue weighted by Gasteiger charge is -2.11. The number of nitrogens with zero attached hydrogens (tertiary/aromatic N) is 4. The Bertz CT molecular complexity index is 1610. The highest BCUT2D eigenvalue weighted by atomic mass is 35.5. The summed E-state index contributed by atoms with van der Waals surface area (Å²) < 4.78 is 36.1. The van der Waals surface area contributed by atoms with E-state index in [1.54, 1.807) is 61.9 Å². The summed E-state index contributed by atoms with van der Waals surface area (Å²) in [4.78, 5) is 20.3. The molecule has 5 aromatic rings. The van der Waals surface area contributed by atoms with Gasteiger partial charge in [0.15, 0.2) is 26.4 Å². The first kappa shape index (κ1) is 22.8. The van der Waals surface area contributed by atoms with Crippen molar-refractivity contribution in [1.82, 2.24) is 24.9 Å². The van der Waals surface area contributed by atoms with E-state index in [4.69, 9.17) is 21.1 Å². The van der Waals surface area contributed by atoms with Gasteiger partial charge in [-0.25, -0.2) is 23.4 Å². The molecule has 9 nitrogen and oxygen atoms in total. The predicted molar refractivity (Wildman–Crippen MR) is 131 cm³/mol. The first-order valence-electron chi connectivity index (χ1n) is 10.5. The number of halogens is 1. The van der Waals surface area contributed by atoms with Crippen molar-refractivity contribution < 1.29 is 17.9 Å². The van der Waals surface area contributed by atoms with Crippen LogP contribution in [-0.2, 0) is 9.84 Å². The van der Waals surface area contributed by atoms with Crippen molar-refractivity contribution in [3.8, 4) is 34.5 Å². The first-order chi connectivity index (χ1) is 16.9. The van der Waals surface area contributed by atoms with Gasteiger partial charge in [-0.05, 0) is 24.3 Å². The SMILES string of the molecule is CCS(=O)(=O)c1ccc(Oc2cc(Oc3ccccc3Cl)c3nc(-c4cnccn4)[nH]c3c2)cn1. The number of nitrogens with one attached hydrogen (secondary N) is 1. The molecule has 0 atom stereocenters. The zero-order valence-corrected chi connectivity index (χ0v) is 19.9. The molecule has 0 fully saturated rings. The van der Waals surface area contributed by atoms with Gasteiger partial charge in [-0.3, -0.25) is 4.98 Å². The van der Waals surface area contributed by atoms with Crippen molar-refractivity contribution in [3.63, 3.8) is 0 Å². The molecule has 0 saturated heterocycles. The number of rotatable bonds is 7. The maximum Gasteiger partial charge on any atom is 0.195 e. The summed E-state index contributed by atoms with van der Waals surface area (Å²) >= 11 is 6.30. The van der Waals surface area contributed by atoms with Crippen LogP contribution in [0.2, 0.25) is 5.02 Å². The number of aromatic nitrogens is 5. The van der Waals surface area contributed by atoms with Gasteiger partial charge in [0, 0.05) is 24.5 Å². The van der Waals surface area contributed by atoms with E-state index >= 15 is 0 Å². The number of fused-ring (bicyclic) bond motifs is 1. The highest BCUT2D eigenvalue weighted by Gasteiger charge is 2.17. The van der Waals surface area contributed by atoms with Crippen LogP contribution in [0.4, 0.5) is 0 Å². The van der Waals surface area contributed by atoms with E-state index in [1.165, 1.54) is 12.3 Å². The molecule has 0 aliphatic carbocycles. The van der Waals surface area contributed by atoms with Gasteiger partial charge in [-0.15, -0.1) is 0 Å². The number of pyridine rings is 1. The first-order valence-corrected chi connectivity index (χ1v) is 12.5. The highest BCUT2D eigenvalue weighted by molar-refractivity contribution is 7.91. The molecule has 2 aromatic carbocycles. The number of hydrogen-bond donors (Lipinski definition) is 1. The van der Waals surface area contributed by atoms with Crippen molar-refractivity contribution in [3.05, 3.63) is 78.3 Å². The van der Waals surface area contributed by atoms with Gasteiger partial charge in [0.2, 0.25) is 0 Å². The minimum absolute atomic E-state index is 0.00674. The van der Waals surface area contributed by atoms with Gasteiger partial charge in [0.05, 0.1) is 28.7 Å². The highest BCUT2D eigenvalue weighted by Crippen LogP contribution is 2.38. The summed E-state index contributed by atoms with van der Waals surface area (Å²) in [5.74, 6) is 2.10. The van der Waals surface area contributed by atoms with Gasteiger partial charge in [-0.1, -0.05) is 30.7 Å². The quantitative estimate of drug-likeness (QED) is 0.309. The van der Waals surface area contributed by atoms with E-state index in [9.17, 15) is 8.42 Å². The molecule has 1 N–H and O–H groups in total. The Morgan fingerprint density at radius 3 is 2.51 bits per heavy atom. The smallest absolute Gasteiger partial charge is 0.195 e. The van der Waals surface area contributed by atoms with Gasteiger partial charge in [0.25, 0.3) is 0 Å². The van der Waals surface area contributed by atoms with Crippen molar-refractivity contribution in [2.75, 3.05) is 5.75 Å². The van der Waals surface area contributed by atoms with Crippen LogP contribution in [0, 0.1) is 0 Å². The van der Waals surface area contributed by atoms with Crippen molar-refractivity contribution in [2.45, 2.75) is 11.9 Å². The average Bonchev–Trinajstić information content (AvgIpc) is 3.31. The molecule has 0 spiro atoms. The second-order valence-corrected chi connectivity index (χ2v) is 10.00. The molecule has 0 bridgehead atoms. The topological polar surface area (TPSA) is 120 Å². The van der Waals surface area contributed by atoms with Crippen LogP contribution < -0.4 is 9.47 Å². The summed E-state index contributed by atoms with van der Waals surface area (Å²) in [6, 6.07) is 13.5. The third-order valence-corrected chi connectivity index (χ3v) is 6.98. The van der Waals surface area contributed by atoms with Crippen LogP contribution in [0.15, 0.2) is 78.3 Å². The van der Waals surface area contributed by atoms with E-state index in [0.717, 1.165) is 0 Å². The summed E-state index contributed by atoms with van der Waals surface area (Å²) in [6.45, 7) is 1.57. The van der Waals surface area contributed by atoms with E-state index in [0.29, 0.717) is 50.6 Å². The summed E-state index contributed by atoms with van der Waals surface area (Å²) in [5, 5.41) is 0.432. The molecule has 0 aliphatic rings. The van der Waals surface area contributed by atoms with Crippen LogP contribution in [0.1, 0.15) is 6.92 Å². The van der Waals surface area contributed by atoms with E-state index < -0.39 is 9.84 Å². The fourth-order valence-electron chi connectivity index (χ4n) is 3.28. The lowest BCUT2D eigenvalue weighted by Crippen LogP contribution is -2.05. The molecule has 35 heavy (non-hydrogen) atoms. The maximum absolute atomic E-state index is 12.0. The molecule has 176 valence electrons. The lowest BCUT2D eigenvalue weighted by molar-refractivity contribution is 0.462. The molecule has 11 heteroatoms. The predicted octanol–water partition coefficient (Wildman–Crippen LogP) is 5.45. The zero-order chi connectivity index (χ0) is 24.4. The van der Waals surface area contributed by atoms with E-state index in [2.05, 4.69) is 24.9 Å². The monoisotopic (exact) mass is 507 g/mol. The Kier molecular flexibility index (Phi) is 6.06. The normalized spacial score (nSPS) is 11.5. The molecule has 0 amide bonds. The standard InChI is InChI=1S/C24H18ClN5O4S/c1-2-35(31,32)22-8-7-15(13-28-22)33-16-11-18-23(30-24(29-18)19-14-26-9-10-27-19)21(12-16)34-20-6-4-3-5-17(20)25/h3-14H,2H2,1H3,(H,29,30). The second kappa shape index (κ2) is 9.32. The number of para-hydroxylation sites is 1. The molecule has 0 saturated carbocycles. The number of H-pyrrole nitrogens is 1. The molecular formula is C24H18ClN5O4S. The van der Waals surface area contributed by atoms with Gasteiger partial charge < -0.3 is 14.5 Å². The Labute approximate surface area is 205 Å². The zero-order valence-electron chi connectivity index (χ0n) is 18.3. The third kappa shape index (κ3) is 4.79. The maximum atomic E-state index is 12.0. The number of aromatic amines is 1. The Morgan fingerprint density at radius 1 is 0.943 bits per heavy atom. The Morgan fingerprint density at radius 2 is 1.80 bits per heavy atom. The van der Waals surface area contributed by atoms with Crippen LogP contribution in [-0.4, -0.2) is 39.1 Å². The molecule has 0 unspecified atom stereocenters. The molecular weight excluding hydrogens is 490 g/mol. The Hall–Kier alpha value is -4.02. The van der Waals surface area contributed by atoms with E-state index in [-0.39, 0.29) is 10.8 Å². The summed E-state index contributed by atoms with van der Waals surface area (Å²) in [5.41, 5.74) is 1.73. The van der Waals surface area contributed by atoms with Crippen LogP contribution >= 0.6 is 11.6 Å². The van der Waals surface area contributed by atoms with Crippen LogP contribution in [0.25, 0.3) is 22.6 Å². The summed E-state index contributed by atoms with van der Waals surface area (Å²) in [6.07, 6.45) is 6.11. The van der Waals surface area contributed by atoms with Crippen molar-refractivity contribution in [1.29, 1.82) is 0 Å². The number of imidazole rings is 1. The van der Waals surface area contributed by atoms with Gasteiger partial charge in [0.1, 0.15) is 28.5 Å². The van der Waals surface area contributed by atoms with Gasteiger partial charge >= 0.3 is 0 Å². The minimum atomic E-state index is -3.41. The second-order valence-electron chi connectivity index (χ2n) is 7.36. The fourth-order valence-corrected chi connectivity index (χ4v) is 4.24. The van der Waals surface area contributed by atoms with Crippen molar-refractivity contribution in [2.24, 2.45) is 0 Å². The van der Waals surface area contributed by atoms with Gasteiger partial charge in [-0.2, -0.15) is 0 Å². The van der Waals surface area contributed by atoms with E-state index in [1.807, 2.05) is 6.07 Å². The largest absolute Gasteiger partial charge is 0.456 e. The number of hydrogen-bond acceptors (Lipinski definition) is 8. The van der Waals surface area contributed by atoms with Crippen LogP contribution in [0.5, 0.6) is 23.0 Å². The average molecular weight is 508 g/mol. The van der Waals surface area contributed by atoms with Crippen molar-refractivity contribution >= 4 is 32.5 Å². The molecule has 0 aliphatic heterocycles. The number of benzene rings is 2. The molecule has 0 radical (unpaired) electrons. The third-order valence-electron chi connectivity index (χ3n) is 5.03. The molecule has 3 aromatic heterocycles.